The van der Waals surface area contributed by atoms with Crippen LogP contribution in [0.4, 0.5) is 0 Å². The molecule has 2 aromatic rings. The summed E-state index contributed by atoms with van der Waals surface area (Å²) in [6.07, 6.45) is 9.09. The van der Waals surface area contributed by atoms with Crippen LogP contribution in [0.2, 0.25) is 0 Å². The zero-order chi connectivity index (χ0) is 22.6. The van der Waals surface area contributed by atoms with E-state index in [1.165, 1.54) is 32.1 Å². The summed E-state index contributed by atoms with van der Waals surface area (Å²) in [5.74, 6) is 1.85. The third kappa shape index (κ3) is 7.11. The number of hydrogen-bond donors (Lipinski definition) is 1. The van der Waals surface area contributed by atoms with Crippen molar-refractivity contribution in [3.63, 3.8) is 0 Å². The molecule has 32 heavy (non-hydrogen) atoms. The molecular formula is C28H38O4. The van der Waals surface area contributed by atoms with Crippen molar-refractivity contribution in [1.82, 2.24) is 0 Å². The average molecular weight is 439 g/mol. The van der Waals surface area contributed by atoms with Gasteiger partial charge in [0.1, 0.15) is 23.7 Å². The second-order valence-corrected chi connectivity index (χ2v) is 8.72. The second-order valence-electron chi connectivity index (χ2n) is 8.72. The number of aliphatic hydroxyl groups is 1. The largest absolute Gasteiger partial charge is 0.484 e. The van der Waals surface area contributed by atoms with Gasteiger partial charge in [0.2, 0.25) is 0 Å². The maximum Gasteiger partial charge on any atom is 0.166 e. The summed E-state index contributed by atoms with van der Waals surface area (Å²) in [6.45, 7) is 5.92. The van der Waals surface area contributed by atoms with Crippen molar-refractivity contribution >= 4 is 0 Å². The molecule has 4 nitrogen and oxygen atoms in total. The lowest BCUT2D eigenvalue weighted by atomic mass is 9.92. The predicted octanol–water partition coefficient (Wildman–Crippen LogP) is 6.19. The number of aliphatic hydroxyl groups excluding tert-OH is 1. The van der Waals surface area contributed by atoms with Gasteiger partial charge in [0.05, 0.1) is 6.61 Å². The molecule has 2 aromatic carbocycles. The molecule has 1 heterocycles. The number of unbranched alkanes of at least 4 members (excludes halogenated alkanes) is 5. The molecule has 1 fully saturated rings. The normalized spacial score (nSPS) is 23.6. The van der Waals surface area contributed by atoms with E-state index in [9.17, 15) is 5.11 Å². The Labute approximate surface area is 193 Å². The van der Waals surface area contributed by atoms with E-state index in [0.717, 1.165) is 24.3 Å². The zero-order valence-corrected chi connectivity index (χ0v) is 19.3. The molecule has 1 saturated heterocycles. The molecule has 0 amide bonds. The van der Waals surface area contributed by atoms with E-state index in [4.69, 9.17) is 14.2 Å². The van der Waals surface area contributed by atoms with Gasteiger partial charge in [0, 0.05) is 0 Å². The SMILES string of the molecule is C=CCCCCCCCC(C)[C@H]1O[C@H](CO)[C@@H](Oc2ccccc2)[C@@H]1Oc1ccccc1. The highest BCUT2D eigenvalue weighted by atomic mass is 16.6. The van der Waals surface area contributed by atoms with Gasteiger partial charge < -0.3 is 19.3 Å². The summed E-state index contributed by atoms with van der Waals surface area (Å²) in [7, 11) is 0. The summed E-state index contributed by atoms with van der Waals surface area (Å²) in [5, 5.41) is 10.0. The van der Waals surface area contributed by atoms with Gasteiger partial charge in [-0.05, 0) is 49.4 Å². The first-order chi connectivity index (χ1) is 15.7. The van der Waals surface area contributed by atoms with E-state index in [1.54, 1.807) is 0 Å². The standard InChI is InChI=1S/C28H38O4/c1-3-4-5-6-7-8-11-16-22(2)26-28(31-24-19-14-10-15-20-24)27(25(21-29)32-26)30-23-17-12-9-13-18-23/h3,9-10,12-15,17-20,22,25-29H,1,4-8,11,16,21H2,2H3/t22?,25-,26-,27-,28-/m1/s1. The minimum absolute atomic E-state index is 0.0985. The minimum Gasteiger partial charge on any atom is -0.484 e. The predicted molar refractivity (Wildman–Crippen MR) is 129 cm³/mol. The number of para-hydroxylation sites is 2. The van der Waals surface area contributed by atoms with Gasteiger partial charge in [-0.2, -0.15) is 0 Å². The first-order valence-electron chi connectivity index (χ1n) is 12.0. The van der Waals surface area contributed by atoms with Crippen LogP contribution < -0.4 is 9.47 Å². The van der Waals surface area contributed by atoms with Crippen molar-refractivity contribution in [2.24, 2.45) is 5.92 Å². The zero-order valence-electron chi connectivity index (χ0n) is 19.3. The monoisotopic (exact) mass is 438 g/mol. The Morgan fingerprint density at radius 3 is 2.03 bits per heavy atom. The molecule has 4 heteroatoms. The molecule has 3 rings (SSSR count). The molecule has 0 radical (unpaired) electrons. The Kier molecular flexibility index (Phi) is 10.1. The quantitative estimate of drug-likeness (QED) is 0.282. The maximum absolute atomic E-state index is 10.0. The molecule has 1 aliphatic rings. The van der Waals surface area contributed by atoms with Crippen LogP contribution in [0.3, 0.4) is 0 Å². The molecule has 174 valence electrons. The number of ether oxygens (including phenoxy) is 3. The number of allylic oxidation sites excluding steroid dienone is 1. The highest BCUT2D eigenvalue weighted by Gasteiger charge is 2.49. The van der Waals surface area contributed by atoms with Crippen LogP contribution in [0, 0.1) is 5.92 Å². The van der Waals surface area contributed by atoms with Gasteiger partial charge in [-0.15, -0.1) is 6.58 Å². The molecule has 0 saturated carbocycles. The molecule has 1 N–H and O–H groups in total. The Morgan fingerprint density at radius 2 is 1.44 bits per heavy atom. The van der Waals surface area contributed by atoms with E-state index < -0.39 is 6.10 Å². The summed E-state index contributed by atoms with van der Waals surface area (Å²) in [6, 6.07) is 19.5. The Hall–Kier alpha value is -2.30. The van der Waals surface area contributed by atoms with Gasteiger partial charge in [0.15, 0.2) is 12.2 Å². The van der Waals surface area contributed by atoms with E-state index >= 15 is 0 Å². The fourth-order valence-corrected chi connectivity index (χ4v) is 4.40. The fraction of sp³-hybridized carbons (Fsp3) is 0.500. The first-order valence-corrected chi connectivity index (χ1v) is 12.0. The van der Waals surface area contributed by atoms with E-state index in [2.05, 4.69) is 13.5 Å². The van der Waals surface area contributed by atoms with Gasteiger partial charge in [-0.3, -0.25) is 0 Å². The van der Waals surface area contributed by atoms with Gasteiger partial charge >= 0.3 is 0 Å². The van der Waals surface area contributed by atoms with Crippen molar-refractivity contribution in [3.05, 3.63) is 73.3 Å². The average Bonchev–Trinajstić information content (AvgIpc) is 3.16. The molecule has 0 aromatic heterocycles. The smallest absolute Gasteiger partial charge is 0.166 e. The van der Waals surface area contributed by atoms with E-state index in [0.29, 0.717) is 5.92 Å². The summed E-state index contributed by atoms with van der Waals surface area (Å²) in [5.41, 5.74) is 0. The number of benzene rings is 2. The fourth-order valence-electron chi connectivity index (χ4n) is 4.40. The topological polar surface area (TPSA) is 47.9 Å². The Balaban J connectivity index is 1.66. The van der Waals surface area contributed by atoms with Gasteiger partial charge in [-0.1, -0.05) is 75.1 Å². The highest BCUT2D eigenvalue weighted by molar-refractivity contribution is 5.24. The van der Waals surface area contributed by atoms with Crippen LogP contribution in [-0.2, 0) is 4.74 Å². The Morgan fingerprint density at radius 1 is 0.875 bits per heavy atom. The van der Waals surface area contributed by atoms with Crippen LogP contribution in [0.1, 0.15) is 51.9 Å². The van der Waals surface area contributed by atoms with Crippen molar-refractivity contribution in [1.29, 1.82) is 0 Å². The molecule has 0 spiro atoms. The van der Waals surface area contributed by atoms with Crippen LogP contribution in [-0.4, -0.2) is 36.1 Å². The van der Waals surface area contributed by atoms with Crippen molar-refractivity contribution in [2.45, 2.75) is 76.3 Å². The van der Waals surface area contributed by atoms with Crippen LogP contribution in [0.15, 0.2) is 73.3 Å². The third-order valence-corrected chi connectivity index (χ3v) is 6.19. The summed E-state index contributed by atoms with van der Waals surface area (Å²) >= 11 is 0. The van der Waals surface area contributed by atoms with Crippen LogP contribution >= 0.6 is 0 Å². The van der Waals surface area contributed by atoms with Crippen LogP contribution in [0.5, 0.6) is 11.5 Å². The third-order valence-electron chi connectivity index (χ3n) is 6.19. The highest BCUT2D eigenvalue weighted by Crippen LogP contribution is 2.34. The number of rotatable bonds is 14. The molecule has 5 atom stereocenters. The lowest BCUT2D eigenvalue weighted by molar-refractivity contribution is -0.0383. The van der Waals surface area contributed by atoms with Crippen molar-refractivity contribution in [2.75, 3.05) is 6.61 Å². The minimum atomic E-state index is -0.421. The van der Waals surface area contributed by atoms with E-state index in [1.807, 2.05) is 66.7 Å². The molecule has 1 unspecified atom stereocenters. The summed E-state index contributed by atoms with van der Waals surface area (Å²) in [4.78, 5) is 0. The molecule has 0 aliphatic carbocycles. The van der Waals surface area contributed by atoms with Gasteiger partial charge in [0.25, 0.3) is 0 Å². The number of hydrogen-bond acceptors (Lipinski definition) is 4. The molecular weight excluding hydrogens is 400 g/mol. The van der Waals surface area contributed by atoms with Crippen molar-refractivity contribution in [3.8, 4) is 11.5 Å². The van der Waals surface area contributed by atoms with Crippen molar-refractivity contribution < 1.29 is 19.3 Å². The van der Waals surface area contributed by atoms with Crippen LogP contribution in [0.25, 0.3) is 0 Å². The maximum atomic E-state index is 10.0. The second kappa shape index (κ2) is 13.3. The van der Waals surface area contributed by atoms with E-state index in [-0.39, 0.29) is 24.9 Å². The molecule has 1 aliphatic heterocycles. The van der Waals surface area contributed by atoms with Gasteiger partial charge in [-0.25, -0.2) is 0 Å². The lowest BCUT2D eigenvalue weighted by Crippen LogP contribution is -2.44. The lowest BCUT2D eigenvalue weighted by Gasteiger charge is -2.28. The Bertz CT molecular complexity index is 764. The molecule has 0 bridgehead atoms. The summed E-state index contributed by atoms with van der Waals surface area (Å²) < 4.78 is 19.1. The first kappa shape index (κ1) is 24.3.